The Morgan fingerprint density at radius 1 is 1.36 bits per heavy atom. The van der Waals surface area contributed by atoms with Gasteiger partial charge in [0.1, 0.15) is 6.04 Å². The lowest BCUT2D eigenvalue weighted by molar-refractivity contribution is -0.924. The van der Waals surface area contributed by atoms with Crippen molar-refractivity contribution in [3.05, 3.63) is 57.9 Å². The molecule has 0 spiro atoms. The van der Waals surface area contributed by atoms with Gasteiger partial charge < -0.3 is 15.2 Å². The molecule has 1 amide bonds. The number of carbonyl (C=O) groups is 1. The van der Waals surface area contributed by atoms with Gasteiger partial charge in [0.2, 0.25) is 0 Å². The van der Waals surface area contributed by atoms with E-state index in [0.717, 1.165) is 24.9 Å². The number of benzene rings is 1. The molecule has 0 radical (unpaired) electrons. The van der Waals surface area contributed by atoms with Gasteiger partial charge in [-0.2, -0.15) is 0 Å². The molecule has 0 aliphatic carbocycles. The maximum absolute atomic E-state index is 12.4. The van der Waals surface area contributed by atoms with Crippen LogP contribution in [0, 0.1) is 0 Å². The Morgan fingerprint density at radius 2 is 2.24 bits per heavy atom. The molecule has 1 aliphatic rings. The lowest BCUT2D eigenvalue weighted by atomic mass is 10.0. The largest absolute Gasteiger partial charge is 0.361 e. The Bertz CT molecular complexity index is 882. The van der Waals surface area contributed by atoms with Gasteiger partial charge in [-0.05, 0) is 36.4 Å². The van der Waals surface area contributed by atoms with Crippen LogP contribution >= 0.6 is 11.3 Å². The highest BCUT2D eigenvalue weighted by atomic mass is 32.1. The van der Waals surface area contributed by atoms with Crippen LogP contribution in [0.15, 0.2) is 41.9 Å². The average molecular weight is 354 g/mol. The summed E-state index contributed by atoms with van der Waals surface area (Å²) in [6.07, 6.45) is 4.00. The molecule has 4 nitrogen and oxygen atoms in total. The molecular formula is C20H24N3OS+. The third-order valence-corrected chi connectivity index (χ3v) is 6.31. The van der Waals surface area contributed by atoms with Crippen LogP contribution in [-0.4, -0.2) is 30.5 Å². The Labute approximate surface area is 151 Å². The summed E-state index contributed by atoms with van der Waals surface area (Å²) in [5.41, 5.74) is 3.84. The van der Waals surface area contributed by atoms with Crippen molar-refractivity contribution in [3.8, 4) is 0 Å². The number of thiophene rings is 1. The number of aromatic amines is 1. The molecule has 2 aromatic heterocycles. The summed E-state index contributed by atoms with van der Waals surface area (Å²) in [5.74, 6) is 0.153. The number of aromatic nitrogens is 1. The zero-order valence-electron chi connectivity index (χ0n) is 14.5. The minimum absolute atomic E-state index is 0.153. The minimum Gasteiger partial charge on any atom is -0.361 e. The number of nitrogens with one attached hydrogen (secondary N) is 3. The highest BCUT2D eigenvalue weighted by Gasteiger charge is 2.29. The van der Waals surface area contributed by atoms with Crippen LogP contribution in [0.25, 0.3) is 10.9 Å². The van der Waals surface area contributed by atoms with Gasteiger partial charge in [-0.25, -0.2) is 0 Å². The third kappa shape index (κ3) is 3.34. The summed E-state index contributed by atoms with van der Waals surface area (Å²) in [5, 5.41) is 6.52. The van der Waals surface area contributed by atoms with E-state index in [0.29, 0.717) is 19.1 Å². The van der Waals surface area contributed by atoms with Crippen molar-refractivity contribution in [2.24, 2.45) is 0 Å². The number of H-pyrrole nitrogens is 1. The first kappa shape index (κ1) is 16.4. The number of fused-ring (bicyclic) bond motifs is 2. The minimum atomic E-state index is 0.153. The third-order valence-electron chi connectivity index (χ3n) is 5.31. The first-order valence-electron chi connectivity index (χ1n) is 8.95. The Morgan fingerprint density at radius 3 is 3.16 bits per heavy atom. The molecule has 130 valence electrons. The normalized spacial score (nSPS) is 19.7. The molecule has 3 N–H and O–H groups in total. The highest BCUT2D eigenvalue weighted by molar-refractivity contribution is 7.10. The average Bonchev–Trinajstić information content (AvgIpc) is 3.25. The van der Waals surface area contributed by atoms with Gasteiger partial charge in [0.25, 0.3) is 5.91 Å². The predicted octanol–water partition coefficient (Wildman–Crippen LogP) is 2.09. The maximum Gasteiger partial charge on any atom is 0.275 e. The number of amides is 1. The summed E-state index contributed by atoms with van der Waals surface area (Å²) in [7, 11) is 0. The van der Waals surface area contributed by atoms with E-state index in [9.17, 15) is 4.79 Å². The molecule has 1 aromatic carbocycles. The van der Waals surface area contributed by atoms with E-state index in [2.05, 4.69) is 46.9 Å². The van der Waals surface area contributed by atoms with Crippen LogP contribution in [0.5, 0.6) is 0 Å². The molecular weight excluding hydrogens is 330 g/mol. The SMILES string of the molecule is C[C@@H]1c2ccsc2CC[NH+]1CC(=O)NCCc1c[nH]c2ccccc12. The van der Waals surface area contributed by atoms with Crippen molar-refractivity contribution in [3.63, 3.8) is 0 Å². The van der Waals surface area contributed by atoms with Crippen molar-refractivity contribution in [1.82, 2.24) is 10.3 Å². The second-order valence-corrected chi connectivity index (χ2v) is 7.82. The highest BCUT2D eigenvalue weighted by Crippen LogP contribution is 2.24. The van der Waals surface area contributed by atoms with E-state index < -0.39 is 0 Å². The molecule has 2 atom stereocenters. The molecule has 25 heavy (non-hydrogen) atoms. The van der Waals surface area contributed by atoms with Gasteiger partial charge in [0.15, 0.2) is 6.54 Å². The molecule has 1 aliphatic heterocycles. The van der Waals surface area contributed by atoms with Gasteiger partial charge >= 0.3 is 0 Å². The summed E-state index contributed by atoms with van der Waals surface area (Å²) < 4.78 is 0. The van der Waals surface area contributed by atoms with Crippen molar-refractivity contribution in [1.29, 1.82) is 0 Å². The summed E-state index contributed by atoms with van der Waals surface area (Å²) >= 11 is 1.85. The van der Waals surface area contributed by atoms with E-state index >= 15 is 0 Å². The topological polar surface area (TPSA) is 49.3 Å². The monoisotopic (exact) mass is 354 g/mol. The Kier molecular flexibility index (Phi) is 4.59. The van der Waals surface area contributed by atoms with Crippen LogP contribution < -0.4 is 10.2 Å². The van der Waals surface area contributed by atoms with E-state index in [1.54, 1.807) is 0 Å². The maximum atomic E-state index is 12.4. The standard InChI is InChI=1S/C20H23N3OS/c1-14-16-8-11-25-19(16)7-10-23(14)13-20(24)21-9-6-15-12-22-18-5-3-2-4-17(15)18/h2-5,8,11-12,14,22H,6-7,9-10,13H2,1H3,(H,21,24)/p+1/t14-/m1/s1. The summed E-state index contributed by atoms with van der Waals surface area (Å²) in [6.45, 7) is 4.53. The fourth-order valence-corrected chi connectivity index (χ4v) is 4.82. The van der Waals surface area contributed by atoms with Crippen molar-refractivity contribution >= 4 is 28.1 Å². The van der Waals surface area contributed by atoms with Gasteiger partial charge in [-0.3, -0.25) is 4.79 Å². The molecule has 4 rings (SSSR count). The van der Waals surface area contributed by atoms with Gasteiger partial charge in [-0.15, -0.1) is 11.3 Å². The van der Waals surface area contributed by atoms with E-state index in [1.165, 1.54) is 26.3 Å². The summed E-state index contributed by atoms with van der Waals surface area (Å²) in [4.78, 5) is 18.5. The van der Waals surface area contributed by atoms with Crippen LogP contribution in [-0.2, 0) is 17.6 Å². The van der Waals surface area contributed by atoms with Crippen LogP contribution in [0.2, 0.25) is 0 Å². The number of quaternary nitrogens is 1. The van der Waals surface area contributed by atoms with E-state index in [4.69, 9.17) is 0 Å². The Balaban J connectivity index is 1.30. The fraction of sp³-hybridized carbons (Fsp3) is 0.350. The fourth-order valence-electron chi connectivity index (χ4n) is 3.84. The molecule has 0 fully saturated rings. The molecule has 3 aromatic rings. The van der Waals surface area contributed by atoms with Crippen molar-refractivity contribution in [2.45, 2.75) is 25.8 Å². The first-order chi connectivity index (χ1) is 12.2. The van der Waals surface area contributed by atoms with E-state index in [1.807, 2.05) is 23.6 Å². The summed E-state index contributed by atoms with van der Waals surface area (Å²) in [6, 6.07) is 10.9. The number of carbonyl (C=O) groups excluding carboxylic acids is 1. The smallest absolute Gasteiger partial charge is 0.275 e. The second-order valence-electron chi connectivity index (χ2n) is 6.82. The van der Waals surface area contributed by atoms with Gasteiger partial charge in [0.05, 0.1) is 6.54 Å². The Hall–Kier alpha value is -2.11. The lowest BCUT2D eigenvalue weighted by Gasteiger charge is -2.29. The molecule has 0 bridgehead atoms. The van der Waals surface area contributed by atoms with Crippen LogP contribution in [0.3, 0.4) is 0 Å². The first-order valence-corrected chi connectivity index (χ1v) is 9.83. The van der Waals surface area contributed by atoms with Gasteiger partial charge in [-0.1, -0.05) is 18.2 Å². The van der Waals surface area contributed by atoms with Gasteiger partial charge in [0, 0.05) is 40.5 Å². The zero-order chi connectivity index (χ0) is 17.2. The van der Waals surface area contributed by atoms with Crippen molar-refractivity contribution < 1.29 is 9.69 Å². The molecule has 0 saturated carbocycles. The van der Waals surface area contributed by atoms with Crippen molar-refractivity contribution in [2.75, 3.05) is 19.6 Å². The molecule has 5 heteroatoms. The number of hydrogen-bond donors (Lipinski definition) is 3. The predicted molar refractivity (Wildman–Crippen MR) is 102 cm³/mol. The lowest BCUT2D eigenvalue weighted by Crippen LogP contribution is -3.14. The molecule has 0 saturated heterocycles. The van der Waals surface area contributed by atoms with Crippen LogP contribution in [0.4, 0.5) is 0 Å². The second kappa shape index (κ2) is 7.02. The quantitative estimate of drug-likeness (QED) is 0.646. The number of rotatable bonds is 5. The molecule has 3 heterocycles. The zero-order valence-corrected chi connectivity index (χ0v) is 15.3. The number of hydrogen-bond acceptors (Lipinski definition) is 2. The van der Waals surface area contributed by atoms with E-state index in [-0.39, 0.29) is 5.91 Å². The number of para-hydroxylation sites is 1. The van der Waals surface area contributed by atoms with Crippen LogP contribution in [0.1, 0.15) is 29.0 Å². The molecule has 1 unspecified atom stereocenters.